The number of nitrogens with one attached hydrogen (secondary N) is 2. The van der Waals surface area contributed by atoms with Gasteiger partial charge in [0, 0.05) is 24.5 Å². The third-order valence-corrected chi connectivity index (χ3v) is 6.60. The van der Waals surface area contributed by atoms with Crippen LogP contribution in [0.25, 0.3) is 10.9 Å². The maximum absolute atomic E-state index is 12.9. The minimum Gasteiger partial charge on any atom is -0.492 e. The number of nitrogens with zero attached hydrogens (tertiary/aromatic N) is 3. The van der Waals surface area contributed by atoms with Crippen LogP contribution < -0.4 is 10.1 Å². The molecule has 4 saturated heterocycles. The van der Waals surface area contributed by atoms with Gasteiger partial charge < -0.3 is 25.2 Å². The maximum Gasteiger partial charge on any atom is 0.290 e. The smallest absolute Gasteiger partial charge is 0.290 e. The van der Waals surface area contributed by atoms with Crippen molar-refractivity contribution in [2.24, 2.45) is 5.92 Å². The predicted molar refractivity (Wildman–Crippen MR) is 125 cm³/mol. The molecule has 4 aliphatic heterocycles. The van der Waals surface area contributed by atoms with Crippen molar-refractivity contribution in [2.45, 2.75) is 31.7 Å². The molecule has 0 radical (unpaired) electrons. The molecule has 5 heterocycles. The molecule has 1 amide bonds. The van der Waals surface area contributed by atoms with E-state index in [2.05, 4.69) is 25.3 Å². The van der Waals surface area contributed by atoms with Crippen LogP contribution >= 0.6 is 0 Å². The molecule has 0 spiro atoms. The summed E-state index contributed by atoms with van der Waals surface area (Å²) in [7, 11) is 0. The van der Waals surface area contributed by atoms with Crippen molar-refractivity contribution in [1.29, 1.82) is 0 Å². The van der Waals surface area contributed by atoms with Crippen LogP contribution in [-0.2, 0) is 9.59 Å². The second-order valence-corrected chi connectivity index (χ2v) is 8.61. The number of carboxylic acid groups (broad SMARTS) is 2. The van der Waals surface area contributed by atoms with Crippen LogP contribution in [0.2, 0.25) is 0 Å². The van der Waals surface area contributed by atoms with E-state index in [4.69, 9.17) is 24.5 Å². The second-order valence-electron chi connectivity index (χ2n) is 8.61. The largest absolute Gasteiger partial charge is 0.492 e. The standard InChI is InChI=1S/C21H29N5O2.2CH2O2/c27-21(22-19-14-26-9-5-15(19)6-10-26)20-17-13-16(3-4-18(17)23-24-20)28-12-11-25-7-1-2-8-25;2*2-1-3/h3-4,13,15,19H,1-2,5-12,14H2,(H,22,27)(H,23,24);2*1H,(H,2,3)/t19-;;/m1../s1. The molecule has 4 N–H and O–H groups in total. The van der Waals surface area contributed by atoms with E-state index in [9.17, 15) is 4.79 Å². The highest BCUT2D eigenvalue weighted by Crippen LogP contribution is 2.28. The fourth-order valence-electron chi connectivity index (χ4n) is 4.92. The van der Waals surface area contributed by atoms with Gasteiger partial charge in [0.1, 0.15) is 12.4 Å². The highest BCUT2D eigenvalue weighted by atomic mass is 16.5. The Balaban J connectivity index is 0.000000492. The lowest BCUT2D eigenvalue weighted by Crippen LogP contribution is -2.57. The van der Waals surface area contributed by atoms with Gasteiger partial charge in [0.25, 0.3) is 18.9 Å². The molecular formula is C23H33N5O6. The maximum atomic E-state index is 12.9. The van der Waals surface area contributed by atoms with Crippen molar-refractivity contribution >= 4 is 29.8 Å². The van der Waals surface area contributed by atoms with E-state index in [0.717, 1.165) is 29.7 Å². The molecule has 34 heavy (non-hydrogen) atoms. The Kier molecular flexibility index (Phi) is 9.65. The third kappa shape index (κ3) is 6.67. The summed E-state index contributed by atoms with van der Waals surface area (Å²) in [6.07, 6.45) is 4.95. The molecule has 2 aromatic rings. The molecular weight excluding hydrogens is 442 g/mol. The fraction of sp³-hybridized carbons (Fsp3) is 0.565. The van der Waals surface area contributed by atoms with Crippen LogP contribution in [0.5, 0.6) is 5.75 Å². The van der Waals surface area contributed by atoms with Crippen LogP contribution in [-0.4, -0.2) is 101 Å². The van der Waals surface area contributed by atoms with Gasteiger partial charge in [-0.05, 0) is 76.0 Å². The van der Waals surface area contributed by atoms with E-state index in [1.807, 2.05) is 18.2 Å². The van der Waals surface area contributed by atoms with Gasteiger partial charge in [0.2, 0.25) is 0 Å². The Hall–Kier alpha value is -3.18. The first-order chi connectivity index (χ1) is 16.6. The number of aromatic nitrogens is 2. The molecule has 186 valence electrons. The van der Waals surface area contributed by atoms with Gasteiger partial charge >= 0.3 is 0 Å². The van der Waals surface area contributed by atoms with Crippen molar-refractivity contribution in [3.05, 3.63) is 23.9 Å². The number of hydrogen-bond donors (Lipinski definition) is 4. The number of rotatable bonds is 6. The SMILES string of the molecule is O=C(N[C@@H]1CN2CCC1CC2)c1n[nH]c2ccc(OCCN3CCCC3)cc12.O=CO.O=CO. The van der Waals surface area contributed by atoms with E-state index in [1.165, 1.54) is 51.9 Å². The minimum absolute atomic E-state index is 0.0841. The van der Waals surface area contributed by atoms with Gasteiger partial charge in [-0.3, -0.25) is 24.4 Å². The van der Waals surface area contributed by atoms with E-state index in [1.54, 1.807) is 0 Å². The number of carbonyl (C=O) groups is 3. The fourth-order valence-corrected chi connectivity index (χ4v) is 4.92. The number of carbonyl (C=O) groups excluding carboxylic acids is 1. The molecule has 1 aromatic heterocycles. The third-order valence-electron chi connectivity index (χ3n) is 6.60. The molecule has 6 rings (SSSR count). The molecule has 11 nitrogen and oxygen atoms in total. The van der Waals surface area contributed by atoms with Crippen LogP contribution in [0.1, 0.15) is 36.2 Å². The zero-order valence-electron chi connectivity index (χ0n) is 19.2. The zero-order valence-corrected chi connectivity index (χ0v) is 19.2. The number of hydrogen-bond acceptors (Lipinski definition) is 7. The summed E-state index contributed by atoms with van der Waals surface area (Å²) in [4.78, 5) is 34.5. The zero-order chi connectivity index (χ0) is 24.3. The number of H-pyrrole nitrogens is 1. The molecule has 4 aliphatic rings. The average molecular weight is 476 g/mol. The molecule has 11 heteroatoms. The van der Waals surface area contributed by atoms with E-state index in [0.29, 0.717) is 18.2 Å². The number of aromatic amines is 1. The van der Waals surface area contributed by atoms with Crippen molar-refractivity contribution in [3.63, 3.8) is 0 Å². The highest BCUT2D eigenvalue weighted by molar-refractivity contribution is 6.05. The Morgan fingerprint density at radius 1 is 1.15 bits per heavy atom. The van der Waals surface area contributed by atoms with E-state index >= 15 is 0 Å². The summed E-state index contributed by atoms with van der Waals surface area (Å²) in [5.74, 6) is 1.31. The van der Waals surface area contributed by atoms with Gasteiger partial charge in [-0.1, -0.05) is 0 Å². The van der Waals surface area contributed by atoms with Gasteiger partial charge in [0.05, 0.1) is 5.52 Å². The van der Waals surface area contributed by atoms with Crippen LogP contribution in [0.3, 0.4) is 0 Å². The van der Waals surface area contributed by atoms with Crippen molar-refractivity contribution in [3.8, 4) is 5.75 Å². The first-order valence-corrected chi connectivity index (χ1v) is 11.6. The summed E-state index contributed by atoms with van der Waals surface area (Å²) in [6, 6.07) is 6.06. The van der Waals surface area contributed by atoms with E-state index < -0.39 is 0 Å². The topological polar surface area (TPSA) is 148 Å². The summed E-state index contributed by atoms with van der Waals surface area (Å²) in [5, 5.41) is 25.1. The number of benzene rings is 1. The molecule has 0 aliphatic carbocycles. The van der Waals surface area contributed by atoms with Crippen LogP contribution in [0.15, 0.2) is 18.2 Å². The lowest BCUT2D eigenvalue weighted by molar-refractivity contribution is -0.123. The average Bonchev–Trinajstić information content (AvgIpc) is 3.51. The van der Waals surface area contributed by atoms with Crippen molar-refractivity contribution in [2.75, 3.05) is 45.9 Å². The summed E-state index contributed by atoms with van der Waals surface area (Å²) >= 11 is 0. The van der Waals surface area contributed by atoms with E-state index in [-0.39, 0.29) is 24.9 Å². The minimum atomic E-state index is -0.250. The Morgan fingerprint density at radius 2 is 1.82 bits per heavy atom. The normalized spacial score (nSPS) is 23.2. The summed E-state index contributed by atoms with van der Waals surface area (Å²) < 4.78 is 5.95. The van der Waals surface area contributed by atoms with Gasteiger partial charge in [-0.15, -0.1) is 0 Å². The van der Waals surface area contributed by atoms with Crippen LogP contribution in [0.4, 0.5) is 0 Å². The highest BCUT2D eigenvalue weighted by Gasteiger charge is 2.35. The molecule has 4 fully saturated rings. The second kappa shape index (κ2) is 12.9. The molecule has 0 unspecified atom stereocenters. The lowest BCUT2D eigenvalue weighted by atomic mass is 9.84. The lowest BCUT2D eigenvalue weighted by Gasteiger charge is -2.44. The van der Waals surface area contributed by atoms with Crippen molar-refractivity contribution < 1.29 is 29.3 Å². The van der Waals surface area contributed by atoms with Gasteiger partial charge in [0.15, 0.2) is 5.69 Å². The summed E-state index contributed by atoms with van der Waals surface area (Å²) in [6.45, 7) is 6.77. The molecule has 1 aromatic carbocycles. The predicted octanol–water partition coefficient (Wildman–Crippen LogP) is 1.26. The van der Waals surface area contributed by atoms with Crippen LogP contribution in [0, 0.1) is 5.92 Å². The molecule has 2 bridgehead atoms. The first-order valence-electron chi connectivity index (χ1n) is 11.6. The number of fused-ring (bicyclic) bond motifs is 4. The number of likely N-dealkylation sites (tertiary alicyclic amines) is 1. The summed E-state index contributed by atoms with van der Waals surface area (Å²) in [5.41, 5.74) is 1.34. The number of piperidine rings is 3. The van der Waals surface area contributed by atoms with Crippen molar-refractivity contribution in [1.82, 2.24) is 25.3 Å². The number of ether oxygens (including phenoxy) is 1. The molecule has 0 saturated carbocycles. The Morgan fingerprint density at radius 3 is 2.44 bits per heavy atom. The molecule has 1 atom stereocenters. The van der Waals surface area contributed by atoms with Gasteiger partial charge in [-0.2, -0.15) is 5.10 Å². The monoisotopic (exact) mass is 475 g/mol. The first kappa shape index (κ1) is 25.4. The number of amides is 1. The quantitative estimate of drug-likeness (QED) is 0.453. The van der Waals surface area contributed by atoms with Gasteiger partial charge in [-0.25, -0.2) is 0 Å². The Bertz CT molecular complexity index is 931. The Labute approximate surface area is 198 Å².